The van der Waals surface area contributed by atoms with Crippen LogP contribution >= 0.6 is 0 Å². The van der Waals surface area contributed by atoms with E-state index in [2.05, 4.69) is 5.32 Å². The van der Waals surface area contributed by atoms with Crippen molar-refractivity contribution in [3.8, 4) is 0 Å². The van der Waals surface area contributed by atoms with Gasteiger partial charge in [-0.15, -0.1) is 0 Å². The SMILES string of the molecule is COC(=O)C1C(NC(=O)C2CCCC2)CCN1C(C)=O. The number of methoxy groups -OCH3 is 1. The zero-order valence-corrected chi connectivity index (χ0v) is 12.1. The monoisotopic (exact) mass is 282 g/mol. The number of likely N-dealkylation sites (tertiary alicyclic amines) is 1. The molecule has 1 aliphatic heterocycles. The molecule has 0 bridgehead atoms. The molecule has 6 nitrogen and oxygen atoms in total. The third-order valence-corrected chi connectivity index (χ3v) is 4.30. The summed E-state index contributed by atoms with van der Waals surface area (Å²) in [6.07, 6.45) is 4.60. The summed E-state index contributed by atoms with van der Waals surface area (Å²) in [5.41, 5.74) is 0. The lowest BCUT2D eigenvalue weighted by atomic mass is 10.0. The van der Waals surface area contributed by atoms with E-state index in [1.54, 1.807) is 0 Å². The van der Waals surface area contributed by atoms with Gasteiger partial charge in [-0.05, 0) is 19.3 Å². The van der Waals surface area contributed by atoms with E-state index in [1.807, 2.05) is 0 Å². The van der Waals surface area contributed by atoms with Crippen molar-refractivity contribution in [3.63, 3.8) is 0 Å². The molecule has 2 aliphatic rings. The van der Waals surface area contributed by atoms with Crippen LogP contribution in [0.2, 0.25) is 0 Å². The van der Waals surface area contributed by atoms with Gasteiger partial charge in [0.05, 0.1) is 13.2 Å². The number of amides is 2. The van der Waals surface area contributed by atoms with Gasteiger partial charge in [0.25, 0.3) is 0 Å². The Bertz CT molecular complexity index is 404. The number of nitrogens with zero attached hydrogens (tertiary/aromatic N) is 1. The molecule has 6 heteroatoms. The van der Waals surface area contributed by atoms with Crippen LogP contribution in [-0.2, 0) is 19.1 Å². The van der Waals surface area contributed by atoms with Gasteiger partial charge in [0.1, 0.15) is 6.04 Å². The summed E-state index contributed by atoms with van der Waals surface area (Å²) >= 11 is 0. The van der Waals surface area contributed by atoms with Crippen LogP contribution in [0.5, 0.6) is 0 Å². The highest BCUT2D eigenvalue weighted by Crippen LogP contribution is 2.26. The van der Waals surface area contributed by atoms with Crippen molar-refractivity contribution >= 4 is 17.8 Å². The van der Waals surface area contributed by atoms with Crippen molar-refractivity contribution in [3.05, 3.63) is 0 Å². The Kier molecular flexibility index (Phi) is 4.62. The molecule has 1 saturated carbocycles. The van der Waals surface area contributed by atoms with Crippen LogP contribution < -0.4 is 5.32 Å². The normalized spacial score (nSPS) is 26.6. The number of nitrogens with one attached hydrogen (secondary N) is 1. The Morgan fingerprint density at radius 2 is 1.80 bits per heavy atom. The first-order chi connectivity index (χ1) is 9.54. The zero-order valence-electron chi connectivity index (χ0n) is 12.1. The summed E-state index contributed by atoms with van der Waals surface area (Å²) in [5.74, 6) is -0.570. The molecule has 0 aromatic rings. The minimum Gasteiger partial charge on any atom is -0.467 e. The van der Waals surface area contributed by atoms with E-state index in [-0.39, 0.29) is 23.8 Å². The minimum atomic E-state index is -0.692. The van der Waals surface area contributed by atoms with Gasteiger partial charge < -0.3 is 15.0 Å². The van der Waals surface area contributed by atoms with Crippen molar-refractivity contribution in [1.29, 1.82) is 0 Å². The van der Waals surface area contributed by atoms with Crippen molar-refractivity contribution in [2.24, 2.45) is 5.92 Å². The van der Waals surface area contributed by atoms with E-state index in [0.717, 1.165) is 25.7 Å². The first-order valence-electron chi connectivity index (χ1n) is 7.20. The second kappa shape index (κ2) is 6.24. The lowest BCUT2D eigenvalue weighted by molar-refractivity contribution is -0.151. The second-order valence-electron chi connectivity index (χ2n) is 5.57. The molecule has 0 spiro atoms. The highest BCUT2D eigenvalue weighted by molar-refractivity contribution is 5.86. The van der Waals surface area contributed by atoms with Crippen LogP contribution in [-0.4, -0.2) is 48.4 Å². The van der Waals surface area contributed by atoms with Gasteiger partial charge in [0.15, 0.2) is 0 Å². The molecular weight excluding hydrogens is 260 g/mol. The smallest absolute Gasteiger partial charge is 0.330 e. The third-order valence-electron chi connectivity index (χ3n) is 4.30. The summed E-state index contributed by atoms with van der Waals surface area (Å²) in [6, 6.07) is -1.03. The summed E-state index contributed by atoms with van der Waals surface area (Å²) in [6.45, 7) is 1.90. The maximum absolute atomic E-state index is 12.2. The topological polar surface area (TPSA) is 75.7 Å². The predicted molar refractivity (Wildman–Crippen MR) is 71.7 cm³/mol. The lowest BCUT2D eigenvalue weighted by Gasteiger charge is -2.26. The fourth-order valence-electron chi connectivity index (χ4n) is 3.20. The Balaban J connectivity index is 2.03. The molecule has 2 fully saturated rings. The molecule has 112 valence electrons. The number of hydrogen-bond acceptors (Lipinski definition) is 4. The molecule has 1 heterocycles. The molecule has 20 heavy (non-hydrogen) atoms. The van der Waals surface area contributed by atoms with E-state index in [4.69, 9.17) is 4.74 Å². The first-order valence-corrected chi connectivity index (χ1v) is 7.20. The molecular formula is C14H22N2O4. The van der Waals surface area contributed by atoms with Crippen LogP contribution in [0, 0.1) is 5.92 Å². The summed E-state index contributed by atoms with van der Waals surface area (Å²) in [7, 11) is 1.30. The van der Waals surface area contributed by atoms with Crippen molar-refractivity contribution in [1.82, 2.24) is 10.2 Å². The lowest BCUT2D eigenvalue weighted by Crippen LogP contribution is -2.51. The Hall–Kier alpha value is -1.59. The molecule has 1 aliphatic carbocycles. The second-order valence-corrected chi connectivity index (χ2v) is 5.57. The van der Waals surface area contributed by atoms with Crippen LogP contribution in [0.3, 0.4) is 0 Å². The molecule has 1 saturated heterocycles. The van der Waals surface area contributed by atoms with Crippen molar-refractivity contribution < 1.29 is 19.1 Å². The summed E-state index contributed by atoms with van der Waals surface area (Å²) < 4.78 is 4.77. The van der Waals surface area contributed by atoms with Crippen LogP contribution in [0.15, 0.2) is 0 Å². The molecule has 0 radical (unpaired) electrons. The molecule has 2 atom stereocenters. The van der Waals surface area contributed by atoms with Crippen LogP contribution in [0.1, 0.15) is 39.0 Å². The Labute approximate surface area is 118 Å². The molecule has 0 aromatic carbocycles. The summed E-state index contributed by atoms with van der Waals surface area (Å²) in [4.78, 5) is 37.1. The van der Waals surface area contributed by atoms with Crippen molar-refractivity contribution in [2.45, 2.75) is 51.1 Å². The van der Waals surface area contributed by atoms with E-state index < -0.39 is 12.0 Å². The number of ether oxygens (including phenoxy) is 1. The van der Waals surface area contributed by atoms with Gasteiger partial charge in [-0.2, -0.15) is 0 Å². The van der Waals surface area contributed by atoms with Crippen LogP contribution in [0.25, 0.3) is 0 Å². The maximum atomic E-state index is 12.2. The van der Waals surface area contributed by atoms with Gasteiger partial charge in [-0.25, -0.2) is 4.79 Å². The fourth-order valence-corrected chi connectivity index (χ4v) is 3.20. The first kappa shape index (κ1) is 14.8. The summed E-state index contributed by atoms with van der Waals surface area (Å²) in [5, 5.41) is 2.94. The third kappa shape index (κ3) is 2.94. The van der Waals surface area contributed by atoms with E-state index in [0.29, 0.717) is 13.0 Å². The Morgan fingerprint density at radius 1 is 1.15 bits per heavy atom. The van der Waals surface area contributed by atoms with Gasteiger partial charge in [-0.3, -0.25) is 9.59 Å². The number of hydrogen-bond donors (Lipinski definition) is 1. The van der Waals surface area contributed by atoms with E-state index in [1.165, 1.54) is 18.9 Å². The quantitative estimate of drug-likeness (QED) is 0.763. The largest absolute Gasteiger partial charge is 0.467 e. The average Bonchev–Trinajstić information content (AvgIpc) is 3.06. The maximum Gasteiger partial charge on any atom is 0.330 e. The number of carbonyl (C=O) groups is 3. The number of carbonyl (C=O) groups excluding carboxylic acids is 3. The van der Waals surface area contributed by atoms with E-state index >= 15 is 0 Å². The van der Waals surface area contributed by atoms with Gasteiger partial charge in [-0.1, -0.05) is 12.8 Å². The number of rotatable bonds is 3. The van der Waals surface area contributed by atoms with Crippen LogP contribution in [0.4, 0.5) is 0 Å². The highest BCUT2D eigenvalue weighted by atomic mass is 16.5. The standard InChI is InChI=1S/C14H22N2O4/c1-9(17)16-8-7-11(12(16)14(19)20-2)15-13(18)10-5-3-4-6-10/h10-12H,3-8H2,1-2H3,(H,15,18). The molecule has 2 unspecified atom stereocenters. The molecule has 1 N–H and O–H groups in total. The molecule has 0 aromatic heterocycles. The average molecular weight is 282 g/mol. The fraction of sp³-hybridized carbons (Fsp3) is 0.786. The number of esters is 1. The minimum absolute atomic E-state index is 0.00630. The zero-order chi connectivity index (χ0) is 14.7. The molecule has 2 amide bonds. The van der Waals surface area contributed by atoms with Gasteiger partial charge in [0.2, 0.25) is 11.8 Å². The van der Waals surface area contributed by atoms with Gasteiger partial charge >= 0.3 is 5.97 Å². The van der Waals surface area contributed by atoms with Crippen molar-refractivity contribution in [2.75, 3.05) is 13.7 Å². The molecule has 2 rings (SSSR count). The highest BCUT2D eigenvalue weighted by Gasteiger charge is 2.42. The van der Waals surface area contributed by atoms with E-state index in [9.17, 15) is 14.4 Å². The van der Waals surface area contributed by atoms with Gasteiger partial charge in [0, 0.05) is 19.4 Å². The Morgan fingerprint density at radius 3 is 2.35 bits per heavy atom. The predicted octanol–water partition coefficient (Wildman–Crippen LogP) is 0.455.